The molecule has 0 fully saturated rings. The van der Waals surface area contributed by atoms with Gasteiger partial charge >= 0.3 is 5.97 Å². The molecule has 0 saturated carbocycles. The first kappa shape index (κ1) is 18.4. The molecule has 0 N–H and O–H groups in total. The van der Waals surface area contributed by atoms with Crippen LogP contribution < -0.4 is 4.74 Å². The Balaban J connectivity index is 0.00000109. The zero-order valence-electron chi connectivity index (χ0n) is 14.6. The van der Waals surface area contributed by atoms with Crippen molar-refractivity contribution < 1.29 is 23.1 Å². The molecule has 0 bridgehead atoms. The van der Waals surface area contributed by atoms with Crippen molar-refractivity contribution in [1.29, 1.82) is 0 Å². The molecule has 0 atom stereocenters. The molecule has 0 amide bonds. The lowest BCUT2D eigenvalue weighted by Crippen LogP contribution is -2.05. The Labute approximate surface area is 145 Å². The van der Waals surface area contributed by atoms with E-state index in [1.54, 1.807) is 26.0 Å². The van der Waals surface area contributed by atoms with Gasteiger partial charge in [-0.05, 0) is 37.6 Å². The van der Waals surface area contributed by atoms with Crippen LogP contribution in [0.4, 0.5) is 4.39 Å². The molecule has 0 unspecified atom stereocenters. The van der Waals surface area contributed by atoms with E-state index in [1.165, 1.54) is 24.5 Å². The summed E-state index contributed by atoms with van der Waals surface area (Å²) in [6, 6.07) is 6.15. The van der Waals surface area contributed by atoms with E-state index in [0.29, 0.717) is 11.0 Å². The molecule has 2 heterocycles. The van der Waals surface area contributed by atoms with Crippen molar-refractivity contribution in [2.75, 3.05) is 6.61 Å². The van der Waals surface area contributed by atoms with Crippen molar-refractivity contribution in [1.82, 2.24) is 4.98 Å². The number of hydrogen-bond donors (Lipinski definition) is 0. The second-order valence-electron chi connectivity index (χ2n) is 4.89. The average Bonchev–Trinajstić information content (AvgIpc) is 2.98. The van der Waals surface area contributed by atoms with Crippen LogP contribution in [-0.4, -0.2) is 17.6 Å². The highest BCUT2D eigenvalue weighted by atomic mass is 19.1. The van der Waals surface area contributed by atoms with Gasteiger partial charge in [-0.25, -0.2) is 9.18 Å². The number of aromatic nitrogens is 1. The summed E-state index contributed by atoms with van der Waals surface area (Å²) in [4.78, 5) is 16.0. The maximum absolute atomic E-state index is 14.0. The highest BCUT2D eigenvalue weighted by Gasteiger charge is 2.24. The average molecular weight is 345 g/mol. The minimum absolute atomic E-state index is 0.00676. The van der Waals surface area contributed by atoms with Crippen LogP contribution in [0.25, 0.3) is 11.0 Å². The van der Waals surface area contributed by atoms with Gasteiger partial charge in [-0.2, -0.15) is 0 Å². The molecule has 1 aromatic carbocycles. The monoisotopic (exact) mass is 345 g/mol. The quantitative estimate of drug-likeness (QED) is 0.603. The fourth-order valence-corrected chi connectivity index (χ4v) is 2.15. The highest BCUT2D eigenvalue weighted by Crippen LogP contribution is 2.37. The number of benzene rings is 1. The first-order chi connectivity index (χ1) is 12.1. The van der Waals surface area contributed by atoms with Crippen LogP contribution in [0.5, 0.6) is 11.5 Å². The first-order valence-corrected chi connectivity index (χ1v) is 8.07. The largest absolute Gasteiger partial charge is 0.460 e. The third-order valence-corrected chi connectivity index (χ3v) is 3.20. The fraction of sp³-hybridized carbons (Fsp3) is 0.263. The summed E-state index contributed by atoms with van der Waals surface area (Å²) in [6.45, 7) is 7.64. The standard InChI is InChI=1S/C17H14FNO4.C2H6/c1-3-21-17(20)16-15(11-9-19-7-6-13(11)22-16)23-14-5-4-10(2)8-12(14)18;1-2/h4-9H,3H2,1-2H3;1-2H3. The van der Waals surface area contributed by atoms with E-state index in [0.717, 1.165) is 5.56 Å². The van der Waals surface area contributed by atoms with Crippen LogP contribution in [0.2, 0.25) is 0 Å². The first-order valence-electron chi connectivity index (χ1n) is 8.07. The Morgan fingerprint density at radius 1 is 1.28 bits per heavy atom. The molecule has 132 valence electrons. The van der Waals surface area contributed by atoms with Crippen molar-refractivity contribution >= 4 is 16.9 Å². The molecule has 6 heteroatoms. The molecule has 0 spiro atoms. The van der Waals surface area contributed by atoms with Crippen LogP contribution in [0.15, 0.2) is 41.1 Å². The smallest absolute Gasteiger partial charge is 0.378 e. The Kier molecular flexibility index (Phi) is 6.11. The van der Waals surface area contributed by atoms with Crippen LogP contribution in [0.3, 0.4) is 0 Å². The number of fused-ring (bicyclic) bond motifs is 1. The molecule has 0 aliphatic heterocycles. The number of carbonyl (C=O) groups excluding carboxylic acids is 1. The third kappa shape index (κ3) is 3.96. The minimum atomic E-state index is -0.675. The molecule has 25 heavy (non-hydrogen) atoms. The van der Waals surface area contributed by atoms with Crippen LogP contribution in [-0.2, 0) is 4.74 Å². The van der Waals surface area contributed by atoms with Crippen LogP contribution in [0.1, 0.15) is 36.9 Å². The summed E-state index contributed by atoms with van der Waals surface area (Å²) in [5.41, 5.74) is 1.17. The van der Waals surface area contributed by atoms with Gasteiger partial charge < -0.3 is 13.9 Å². The molecule has 0 radical (unpaired) electrons. The molecule has 0 aliphatic carbocycles. The van der Waals surface area contributed by atoms with Gasteiger partial charge in [0.25, 0.3) is 5.76 Å². The van der Waals surface area contributed by atoms with E-state index in [2.05, 4.69) is 4.98 Å². The second kappa shape index (κ2) is 8.28. The summed E-state index contributed by atoms with van der Waals surface area (Å²) in [7, 11) is 0. The van der Waals surface area contributed by atoms with E-state index in [4.69, 9.17) is 13.9 Å². The summed E-state index contributed by atoms with van der Waals surface area (Å²) in [6.07, 6.45) is 3.01. The number of rotatable bonds is 4. The van der Waals surface area contributed by atoms with Gasteiger partial charge in [0.05, 0.1) is 12.0 Å². The lowest BCUT2D eigenvalue weighted by Gasteiger charge is -2.07. The Hall–Kier alpha value is -2.89. The number of halogens is 1. The van der Waals surface area contributed by atoms with Crippen LogP contribution >= 0.6 is 0 Å². The number of esters is 1. The van der Waals surface area contributed by atoms with E-state index in [-0.39, 0.29) is 23.9 Å². The molecular formula is C19H20FNO4. The SMILES string of the molecule is CC.CCOC(=O)c1oc2ccncc2c1Oc1ccc(C)cc1F. The second-order valence-corrected chi connectivity index (χ2v) is 4.89. The number of ether oxygens (including phenoxy) is 2. The lowest BCUT2D eigenvalue weighted by molar-refractivity contribution is 0.0488. The van der Waals surface area contributed by atoms with Gasteiger partial charge in [0.2, 0.25) is 0 Å². The van der Waals surface area contributed by atoms with Crippen molar-refractivity contribution in [2.24, 2.45) is 0 Å². The number of hydrogen-bond acceptors (Lipinski definition) is 5. The summed E-state index contributed by atoms with van der Waals surface area (Å²) in [5, 5.41) is 0.468. The molecule has 0 aliphatic rings. The minimum Gasteiger partial charge on any atom is -0.460 e. The van der Waals surface area contributed by atoms with Gasteiger partial charge in [0.1, 0.15) is 5.58 Å². The van der Waals surface area contributed by atoms with Gasteiger partial charge in [-0.1, -0.05) is 19.9 Å². The van der Waals surface area contributed by atoms with Crippen LogP contribution in [0, 0.1) is 12.7 Å². The Bertz CT molecular complexity index is 873. The summed E-state index contributed by atoms with van der Waals surface area (Å²) >= 11 is 0. The van der Waals surface area contributed by atoms with E-state index in [1.807, 2.05) is 13.8 Å². The zero-order chi connectivity index (χ0) is 18.4. The van der Waals surface area contributed by atoms with Crippen molar-refractivity contribution in [3.63, 3.8) is 0 Å². The lowest BCUT2D eigenvalue weighted by atomic mass is 10.2. The number of carbonyl (C=O) groups is 1. The predicted molar refractivity (Wildman–Crippen MR) is 92.5 cm³/mol. The molecule has 0 saturated heterocycles. The maximum atomic E-state index is 14.0. The topological polar surface area (TPSA) is 61.6 Å². The van der Waals surface area contributed by atoms with E-state index in [9.17, 15) is 9.18 Å². The number of pyridine rings is 1. The molecular weight excluding hydrogens is 325 g/mol. The van der Waals surface area contributed by atoms with Crippen molar-refractivity contribution in [3.8, 4) is 11.5 Å². The number of aryl methyl sites for hydroxylation is 1. The molecule has 3 aromatic rings. The number of furan rings is 1. The fourth-order valence-electron chi connectivity index (χ4n) is 2.15. The van der Waals surface area contributed by atoms with E-state index < -0.39 is 11.8 Å². The highest BCUT2D eigenvalue weighted by molar-refractivity contribution is 5.98. The van der Waals surface area contributed by atoms with Gasteiger partial charge in [-0.3, -0.25) is 4.98 Å². The Morgan fingerprint density at radius 2 is 2.04 bits per heavy atom. The maximum Gasteiger partial charge on any atom is 0.378 e. The summed E-state index contributed by atoms with van der Waals surface area (Å²) < 4.78 is 30.1. The molecule has 2 aromatic heterocycles. The predicted octanol–water partition coefficient (Wildman–Crippen LogP) is 5.27. The third-order valence-electron chi connectivity index (χ3n) is 3.20. The summed E-state index contributed by atoms with van der Waals surface area (Å²) in [5.74, 6) is -1.24. The normalized spacial score (nSPS) is 10.1. The Morgan fingerprint density at radius 3 is 2.72 bits per heavy atom. The zero-order valence-corrected chi connectivity index (χ0v) is 14.6. The number of nitrogens with zero attached hydrogens (tertiary/aromatic N) is 1. The van der Waals surface area contributed by atoms with E-state index >= 15 is 0 Å². The van der Waals surface area contributed by atoms with Crippen molar-refractivity contribution in [2.45, 2.75) is 27.7 Å². The van der Waals surface area contributed by atoms with Crippen molar-refractivity contribution in [3.05, 3.63) is 53.8 Å². The van der Waals surface area contributed by atoms with Gasteiger partial charge in [-0.15, -0.1) is 0 Å². The molecule has 3 rings (SSSR count). The van der Waals surface area contributed by atoms with Gasteiger partial charge in [0.15, 0.2) is 17.3 Å². The van der Waals surface area contributed by atoms with Gasteiger partial charge in [0, 0.05) is 12.4 Å². The molecule has 5 nitrogen and oxygen atoms in total.